The van der Waals surface area contributed by atoms with E-state index in [1.54, 1.807) is 0 Å². The lowest BCUT2D eigenvalue weighted by atomic mass is 10.2. The molecule has 0 bridgehead atoms. The first-order valence-electron chi connectivity index (χ1n) is 6.51. The van der Waals surface area contributed by atoms with Crippen molar-refractivity contribution in [2.75, 3.05) is 4.90 Å². The fourth-order valence-electron chi connectivity index (χ4n) is 1.85. The second-order valence-corrected chi connectivity index (χ2v) is 4.55. The van der Waals surface area contributed by atoms with E-state index in [1.807, 2.05) is 0 Å². The second kappa shape index (κ2) is 6.65. The van der Waals surface area contributed by atoms with Crippen LogP contribution in [0.1, 0.15) is 23.2 Å². The summed E-state index contributed by atoms with van der Waals surface area (Å²) in [5.74, 6) is -4.24. The van der Waals surface area contributed by atoms with E-state index in [4.69, 9.17) is 5.11 Å². The summed E-state index contributed by atoms with van der Waals surface area (Å²) in [6, 6.07) is 5.45. The quantitative estimate of drug-likeness (QED) is 0.481. The van der Waals surface area contributed by atoms with E-state index in [0.717, 1.165) is 17.1 Å². The van der Waals surface area contributed by atoms with Crippen molar-refractivity contribution in [2.24, 2.45) is 0 Å². The summed E-state index contributed by atoms with van der Waals surface area (Å²) >= 11 is 0. The predicted octanol–water partition coefficient (Wildman–Crippen LogP) is 0.664. The number of anilines is 1. The molecule has 23 heavy (non-hydrogen) atoms. The first-order chi connectivity index (χ1) is 10.9. The lowest BCUT2D eigenvalue weighted by Crippen LogP contribution is -2.29. The molecule has 0 spiro atoms. The molecule has 0 aliphatic carbocycles. The monoisotopic (exact) mass is 317 g/mol. The summed E-state index contributed by atoms with van der Waals surface area (Å²) in [6.07, 6.45) is 1.31. The van der Waals surface area contributed by atoms with Crippen molar-refractivity contribution in [1.29, 1.82) is 0 Å². The number of ether oxygens (including phenoxy) is 1. The largest absolute Gasteiger partial charge is 0.481 e. The van der Waals surface area contributed by atoms with Gasteiger partial charge in [-0.15, -0.1) is 0 Å². The molecular weight excluding hydrogens is 306 g/mol. The molecule has 8 heteroatoms. The van der Waals surface area contributed by atoms with Crippen molar-refractivity contribution in [1.82, 2.24) is 0 Å². The van der Waals surface area contributed by atoms with Gasteiger partial charge >= 0.3 is 17.9 Å². The van der Waals surface area contributed by atoms with E-state index >= 15 is 0 Å². The number of hydrogen-bond acceptors (Lipinski definition) is 6. The van der Waals surface area contributed by atoms with Crippen molar-refractivity contribution in [3.63, 3.8) is 0 Å². The van der Waals surface area contributed by atoms with E-state index < -0.39 is 42.6 Å². The average molecular weight is 317 g/mol. The Labute approximate surface area is 129 Å². The first kappa shape index (κ1) is 16.1. The molecule has 0 fully saturated rings. The number of carboxylic acid groups (broad SMARTS) is 1. The fraction of sp³-hybridized carbons (Fsp3) is 0.133. The van der Waals surface area contributed by atoms with E-state index in [2.05, 4.69) is 4.74 Å². The van der Waals surface area contributed by atoms with Crippen LogP contribution in [0.4, 0.5) is 5.69 Å². The van der Waals surface area contributed by atoms with E-state index in [0.29, 0.717) is 0 Å². The Balaban J connectivity index is 2.09. The lowest BCUT2D eigenvalue weighted by molar-refractivity contribution is -0.144. The lowest BCUT2D eigenvalue weighted by Gasteiger charge is -2.14. The van der Waals surface area contributed by atoms with Crippen LogP contribution in [0.5, 0.6) is 0 Å². The Morgan fingerprint density at radius 1 is 1.04 bits per heavy atom. The number of carbonyl (C=O) groups is 5. The highest BCUT2D eigenvalue weighted by molar-refractivity contribution is 6.28. The van der Waals surface area contributed by atoms with Crippen molar-refractivity contribution in [3.8, 4) is 0 Å². The zero-order valence-electron chi connectivity index (χ0n) is 11.7. The average Bonchev–Trinajstić information content (AvgIpc) is 2.84. The molecule has 0 unspecified atom stereocenters. The minimum atomic E-state index is -1.19. The van der Waals surface area contributed by atoms with E-state index in [-0.39, 0.29) is 11.3 Å². The number of hydrogen-bond donors (Lipinski definition) is 1. The molecule has 1 N–H and O–H groups in total. The highest BCUT2D eigenvalue weighted by Crippen LogP contribution is 2.20. The molecule has 2 amide bonds. The Morgan fingerprint density at radius 3 is 2.30 bits per heavy atom. The molecule has 0 saturated carbocycles. The molecule has 1 aromatic carbocycles. The maximum Gasteiger partial charge on any atom is 0.345 e. The summed E-state index contributed by atoms with van der Waals surface area (Å²) < 4.78 is 4.51. The van der Waals surface area contributed by atoms with Crippen LogP contribution in [0.3, 0.4) is 0 Å². The predicted molar refractivity (Wildman–Crippen MR) is 75.4 cm³/mol. The zero-order valence-corrected chi connectivity index (χ0v) is 11.7. The normalized spacial score (nSPS) is 13.3. The molecule has 1 aromatic rings. The molecule has 2 rings (SSSR count). The van der Waals surface area contributed by atoms with Crippen LogP contribution in [0.25, 0.3) is 0 Å². The number of carbonyl (C=O) groups excluding carboxylic acids is 4. The van der Waals surface area contributed by atoms with Crippen molar-refractivity contribution >= 4 is 35.4 Å². The SMILES string of the molecule is O=C(O)CCC(=O)OC(=O)c1cccc(N2C(=O)C=CC2=O)c1. The third-order valence-electron chi connectivity index (χ3n) is 2.90. The minimum Gasteiger partial charge on any atom is -0.481 e. The smallest absolute Gasteiger partial charge is 0.345 e. The van der Waals surface area contributed by atoms with Gasteiger partial charge in [0.1, 0.15) is 0 Å². The number of esters is 2. The van der Waals surface area contributed by atoms with Crippen molar-refractivity contribution < 1.29 is 33.8 Å². The Kier molecular flexibility index (Phi) is 4.65. The van der Waals surface area contributed by atoms with Gasteiger partial charge in [0.15, 0.2) is 0 Å². The minimum absolute atomic E-state index is 0.0429. The second-order valence-electron chi connectivity index (χ2n) is 4.55. The fourth-order valence-corrected chi connectivity index (χ4v) is 1.85. The van der Waals surface area contributed by atoms with Crippen LogP contribution in [0, 0.1) is 0 Å². The highest BCUT2D eigenvalue weighted by atomic mass is 16.6. The van der Waals surface area contributed by atoms with Gasteiger partial charge in [-0.1, -0.05) is 6.07 Å². The zero-order chi connectivity index (χ0) is 17.0. The van der Waals surface area contributed by atoms with Gasteiger partial charge < -0.3 is 9.84 Å². The first-order valence-corrected chi connectivity index (χ1v) is 6.51. The number of aliphatic carboxylic acids is 1. The number of imide groups is 1. The Hall–Kier alpha value is -3.29. The van der Waals surface area contributed by atoms with Crippen molar-refractivity contribution in [2.45, 2.75) is 12.8 Å². The Bertz CT molecular complexity index is 717. The topological polar surface area (TPSA) is 118 Å². The molecule has 8 nitrogen and oxygen atoms in total. The molecular formula is C15H11NO7. The number of rotatable bonds is 5. The third kappa shape index (κ3) is 3.88. The molecule has 0 atom stereocenters. The van der Waals surface area contributed by atoms with Gasteiger partial charge in [-0.3, -0.25) is 19.2 Å². The number of benzene rings is 1. The van der Waals surface area contributed by atoms with Crippen molar-refractivity contribution in [3.05, 3.63) is 42.0 Å². The summed E-state index contributed by atoms with van der Waals surface area (Å²) in [5.41, 5.74) is 0.121. The van der Waals surface area contributed by atoms with Crippen LogP contribution in [0.2, 0.25) is 0 Å². The van der Waals surface area contributed by atoms with Crippen LogP contribution in [-0.2, 0) is 23.9 Å². The third-order valence-corrected chi connectivity index (χ3v) is 2.90. The number of carboxylic acids is 1. The van der Waals surface area contributed by atoms with Gasteiger partial charge in [-0.05, 0) is 18.2 Å². The van der Waals surface area contributed by atoms with Crippen LogP contribution in [0.15, 0.2) is 36.4 Å². The van der Waals surface area contributed by atoms with Gasteiger partial charge in [0, 0.05) is 12.2 Å². The molecule has 118 valence electrons. The molecule has 1 heterocycles. The summed E-state index contributed by atoms with van der Waals surface area (Å²) in [7, 11) is 0. The molecule has 1 aliphatic rings. The van der Waals surface area contributed by atoms with Crippen LogP contribution in [-0.4, -0.2) is 34.8 Å². The van der Waals surface area contributed by atoms with E-state index in [1.165, 1.54) is 24.3 Å². The van der Waals surface area contributed by atoms with Gasteiger partial charge in [0.2, 0.25) is 0 Å². The maximum absolute atomic E-state index is 11.8. The summed E-state index contributed by atoms with van der Waals surface area (Å²) in [4.78, 5) is 57.6. The standard InChI is InChI=1S/C15H11NO7/c17-11-4-5-12(18)16(11)10-3-1-2-9(8-10)15(22)23-14(21)7-6-13(19)20/h1-5,8H,6-7H2,(H,19,20). The summed E-state index contributed by atoms with van der Waals surface area (Å²) in [6.45, 7) is 0. The van der Waals surface area contributed by atoms with Gasteiger partial charge in [-0.2, -0.15) is 0 Å². The molecule has 0 aromatic heterocycles. The Morgan fingerprint density at radius 2 is 1.70 bits per heavy atom. The number of amides is 2. The molecule has 0 saturated heterocycles. The van der Waals surface area contributed by atoms with E-state index in [9.17, 15) is 24.0 Å². The van der Waals surface area contributed by atoms with Crippen LogP contribution < -0.4 is 4.90 Å². The van der Waals surface area contributed by atoms with Gasteiger partial charge in [0.05, 0.1) is 24.1 Å². The molecule has 0 radical (unpaired) electrons. The van der Waals surface area contributed by atoms with Crippen LogP contribution >= 0.6 is 0 Å². The number of nitrogens with zero attached hydrogens (tertiary/aromatic N) is 1. The maximum atomic E-state index is 11.8. The summed E-state index contributed by atoms with van der Waals surface area (Å²) in [5, 5.41) is 8.45. The van der Waals surface area contributed by atoms with Gasteiger partial charge in [-0.25, -0.2) is 9.69 Å². The highest BCUT2D eigenvalue weighted by Gasteiger charge is 2.26. The van der Waals surface area contributed by atoms with Gasteiger partial charge in [0.25, 0.3) is 11.8 Å². The molecule has 1 aliphatic heterocycles.